The molecule has 1 aliphatic heterocycles. The molecule has 1 aromatic heterocycles. The number of azide groups is 1. The van der Waals surface area contributed by atoms with Gasteiger partial charge in [0.2, 0.25) is 0 Å². The van der Waals surface area contributed by atoms with E-state index in [1.807, 2.05) is 0 Å². The van der Waals surface area contributed by atoms with E-state index in [9.17, 15) is 4.79 Å². The molecular formula is C10H11BrN4O2. The number of rotatable bonds is 2. The number of nitrogens with zero attached hydrogens (tertiary/aromatic N) is 4. The van der Waals surface area contributed by atoms with E-state index in [0.29, 0.717) is 36.4 Å². The van der Waals surface area contributed by atoms with Crippen LogP contribution >= 0.6 is 15.9 Å². The van der Waals surface area contributed by atoms with Crippen LogP contribution in [0.3, 0.4) is 0 Å². The number of halogens is 1. The number of piperidine rings is 1. The van der Waals surface area contributed by atoms with Gasteiger partial charge >= 0.3 is 0 Å². The summed E-state index contributed by atoms with van der Waals surface area (Å²) in [5.41, 5.74) is 8.33. The van der Waals surface area contributed by atoms with Crippen molar-refractivity contribution in [1.29, 1.82) is 0 Å². The van der Waals surface area contributed by atoms with Crippen LogP contribution in [0.1, 0.15) is 23.4 Å². The minimum absolute atomic E-state index is 0.00684. The quantitative estimate of drug-likeness (QED) is 0.478. The van der Waals surface area contributed by atoms with Crippen LogP contribution in [0.4, 0.5) is 0 Å². The smallest absolute Gasteiger partial charge is 0.289 e. The zero-order valence-electron chi connectivity index (χ0n) is 9.04. The maximum absolute atomic E-state index is 12.0. The van der Waals surface area contributed by atoms with Crippen molar-refractivity contribution in [2.24, 2.45) is 5.11 Å². The first-order valence-electron chi connectivity index (χ1n) is 5.29. The molecule has 6 nitrogen and oxygen atoms in total. The van der Waals surface area contributed by atoms with Crippen LogP contribution in [0.25, 0.3) is 10.4 Å². The van der Waals surface area contributed by atoms with Gasteiger partial charge in [-0.2, -0.15) is 0 Å². The molecular weight excluding hydrogens is 288 g/mol. The molecule has 1 amide bonds. The molecule has 1 fully saturated rings. The molecule has 0 atom stereocenters. The zero-order chi connectivity index (χ0) is 12.3. The first-order valence-corrected chi connectivity index (χ1v) is 6.09. The lowest BCUT2D eigenvalue weighted by Crippen LogP contribution is -2.39. The third kappa shape index (κ3) is 2.81. The molecule has 1 saturated heterocycles. The van der Waals surface area contributed by atoms with Crippen LogP contribution in [-0.2, 0) is 0 Å². The van der Waals surface area contributed by atoms with E-state index in [2.05, 4.69) is 26.0 Å². The van der Waals surface area contributed by atoms with Crippen LogP contribution < -0.4 is 0 Å². The van der Waals surface area contributed by atoms with Crippen molar-refractivity contribution in [3.8, 4) is 0 Å². The summed E-state index contributed by atoms with van der Waals surface area (Å²) in [4.78, 5) is 16.5. The summed E-state index contributed by atoms with van der Waals surface area (Å²) < 4.78 is 5.76. The van der Waals surface area contributed by atoms with Crippen molar-refractivity contribution < 1.29 is 9.21 Å². The Labute approximate surface area is 106 Å². The van der Waals surface area contributed by atoms with E-state index in [1.54, 1.807) is 17.0 Å². The molecule has 0 saturated carbocycles. The Kier molecular flexibility index (Phi) is 3.71. The van der Waals surface area contributed by atoms with E-state index < -0.39 is 0 Å². The van der Waals surface area contributed by atoms with E-state index in [1.165, 1.54) is 0 Å². The molecule has 0 aromatic carbocycles. The molecule has 1 aliphatic rings. The first-order chi connectivity index (χ1) is 8.20. The second kappa shape index (κ2) is 5.25. The fourth-order valence-electron chi connectivity index (χ4n) is 1.84. The van der Waals surface area contributed by atoms with Crippen molar-refractivity contribution in [2.45, 2.75) is 18.9 Å². The van der Waals surface area contributed by atoms with Crippen LogP contribution in [0.15, 0.2) is 26.3 Å². The van der Waals surface area contributed by atoms with Gasteiger partial charge in [0.25, 0.3) is 5.91 Å². The van der Waals surface area contributed by atoms with Gasteiger partial charge in [0.1, 0.15) is 0 Å². The third-order valence-corrected chi connectivity index (χ3v) is 3.18. The number of carbonyl (C=O) groups excluding carboxylic acids is 1. The summed E-state index contributed by atoms with van der Waals surface area (Å²) >= 11 is 3.16. The highest BCUT2D eigenvalue weighted by molar-refractivity contribution is 9.10. The highest BCUT2D eigenvalue weighted by Crippen LogP contribution is 2.19. The van der Waals surface area contributed by atoms with E-state index >= 15 is 0 Å². The molecule has 0 bridgehead atoms. The minimum Gasteiger partial charge on any atom is -0.444 e. The summed E-state index contributed by atoms with van der Waals surface area (Å²) in [6, 6.07) is 3.35. The number of amides is 1. The fourth-order valence-corrected chi connectivity index (χ4v) is 2.15. The SMILES string of the molecule is [N-]=[N+]=NC1CCN(C(=O)c2ccc(Br)o2)CC1. The van der Waals surface area contributed by atoms with E-state index in [0.717, 1.165) is 0 Å². The van der Waals surface area contributed by atoms with Crippen LogP contribution in [0.2, 0.25) is 0 Å². The van der Waals surface area contributed by atoms with Gasteiger partial charge in [0.05, 0.1) is 0 Å². The first kappa shape index (κ1) is 12.0. The molecule has 1 aromatic rings. The Morgan fingerprint density at radius 2 is 2.24 bits per heavy atom. The summed E-state index contributed by atoms with van der Waals surface area (Å²) in [6.07, 6.45) is 1.41. The number of hydrogen-bond acceptors (Lipinski definition) is 3. The topological polar surface area (TPSA) is 82.2 Å². The Morgan fingerprint density at radius 3 is 2.76 bits per heavy atom. The Balaban J connectivity index is 1.97. The molecule has 0 spiro atoms. The lowest BCUT2D eigenvalue weighted by Gasteiger charge is -2.29. The molecule has 0 unspecified atom stereocenters. The number of furan rings is 1. The molecule has 2 heterocycles. The van der Waals surface area contributed by atoms with Crippen molar-refractivity contribution in [3.63, 3.8) is 0 Å². The standard InChI is InChI=1S/C10H11BrN4O2/c11-9-2-1-8(17-9)10(16)15-5-3-7(4-6-15)13-14-12/h1-2,7H,3-6H2. The van der Waals surface area contributed by atoms with Gasteiger partial charge in [-0.3, -0.25) is 4.79 Å². The fraction of sp³-hybridized carbons (Fsp3) is 0.500. The molecule has 0 aliphatic carbocycles. The zero-order valence-corrected chi connectivity index (χ0v) is 10.6. The average molecular weight is 299 g/mol. The third-order valence-electron chi connectivity index (χ3n) is 2.75. The van der Waals surface area contributed by atoms with Crippen molar-refractivity contribution >= 4 is 21.8 Å². The lowest BCUT2D eigenvalue weighted by molar-refractivity contribution is 0.0681. The normalized spacial score (nSPS) is 16.6. The molecule has 90 valence electrons. The molecule has 0 N–H and O–H groups in total. The van der Waals surface area contributed by atoms with E-state index in [-0.39, 0.29) is 11.9 Å². The summed E-state index contributed by atoms with van der Waals surface area (Å²) in [7, 11) is 0. The van der Waals surface area contributed by atoms with Crippen molar-refractivity contribution in [2.75, 3.05) is 13.1 Å². The molecule has 17 heavy (non-hydrogen) atoms. The second-order valence-electron chi connectivity index (χ2n) is 3.83. The number of hydrogen-bond donors (Lipinski definition) is 0. The van der Waals surface area contributed by atoms with Gasteiger partial charge < -0.3 is 9.32 Å². The van der Waals surface area contributed by atoms with Crippen LogP contribution in [-0.4, -0.2) is 29.9 Å². The van der Waals surface area contributed by atoms with Gasteiger partial charge in [-0.1, -0.05) is 5.11 Å². The van der Waals surface area contributed by atoms with Gasteiger partial charge in [-0.15, -0.1) is 0 Å². The average Bonchev–Trinajstić information content (AvgIpc) is 2.76. The Morgan fingerprint density at radius 1 is 1.53 bits per heavy atom. The van der Waals surface area contributed by atoms with Crippen LogP contribution in [0, 0.1) is 0 Å². The second-order valence-corrected chi connectivity index (χ2v) is 4.61. The van der Waals surface area contributed by atoms with Gasteiger partial charge in [0.15, 0.2) is 10.4 Å². The highest BCUT2D eigenvalue weighted by Gasteiger charge is 2.24. The van der Waals surface area contributed by atoms with Gasteiger partial charge in [0, 0.05) is 24.0 Å². The number of likely N-dealkylation sites (tertiary alicyclic amines) is 1. The Hall–Kier alpha value is -1.46. The van der Waals surface area contributed by atoms with Crippen LogP contribution in [0.5, 0.6) is 0 Å². The summed E-state index contributed by atoms with van der Waals surface area (Å²) in [5.74, 6) is 0.217. The molecule has 7 heteroatoms. The maximum atomic E-state index is 12.0. The van der Waals surface area contributed by atoms with Gasteiger partial charge in [-0.05, 0) is 46.4 Å². The summed E-state index contributed by atoms with van der Waals surface area (Å²) in [5, 5.41) is 3.67. The monoisotopic (exact) mass is 298 g/mol. The largest absolute Gasteiger partial charge is 0.444 e. The molecule has 0 radical (unpaired) electrons. The van der Waals surface area contributed by atoms with Crippen molar-refractivity contribution in [3.05, 3.63) is 33.0 Å². The summed E-state index contributed by atoms with van der Waals surface area (Å²) in [6.45, 7) is 1.20. The minimum atomic E-state index is -0.116. The van der Waals surface area contributed by atoms with E-state index in [4.69, 9.17) is 9.95 Å². The highest BCUT2D eigenvalue weighted by atomic mass is 79.9. The predicted molar refractivity (Wildman–Crippen MR) is 64.5 cm³/mol. The number of carbonyl (C=O) groups is 1. The predicted octanol–water partition coefficient (Wildman–Crippen LogP) is 2.96. The molecule has 2 rings (SSSR count). The maximum Gasteiger partial charge on any atom is 0.289 e. The Bertz CT molecular complexity index is 459. The lowest BCUT2D eigenvalue weighted by atomic mass is 10.1. The van der Waals surface area contributed by atoms with Crippen molar-refractivity contribution in [1.82, 2.24) is 4.90 Å². The van der Waals surface area contributed by atoms with Gasteiger partial charge in [-0.25, -0.2) is 0 Å².